The zero-order valence-corrected chi connectivity index (χ0v) is 21.5. The lowest BCUT2D eigenvalue weighted by Crippen LogP contribution is -2.63. The van der Waals surface area contributed by atoms with Crippen LogP contribution in [0.15, 0.2) is 40.9 Å². The third-order valence-electron chi connectivity index (χ3n) is 8.22. The maximum absolute atomic E-state index is 6.19. The molecule has 32 heavy (non-hydrogen) atoms. The van der Waals surface area contributed by atoms with E-state index in [2.05, 4.69) is 78.4 Å². The minimum absolute atomic E-state index is 0.294. The molecule has 0 spiro atoms. The lowest BCUT2D eigenvalue weighted by molar-refractivity contribution is -0.118. The van der Waals surface area contributed by atoms with Gasteiger partial charge < -0.3 is 14.8 Å². The molecule has 1 N–H and O–H groups in total. The van der Waals surface area contributed by atoms with Gasteiger partial charge in [0.15, 0.2) is 11.5 Å². The molecule has 2 atom stereocenters. The van der Waals surface area contributed by atoms with Crippen LogP contribution in [0.25, 0.3) is 0 Å². The summed E-state index contributed by atoms with van der Waals surface area (Å²) >= 11 is 3.75. The smallest absolute Gasteiger partial charge is 0.175 e. The van der Waals surface area contributed by atoms with Crippen molar-refractivity contribution < 1.29 is 9.47 Å². The summed E-state index contributed by atoms with van der Waals surface area (Å²) in [5, 5.41) is 4.04. The molecule has 0 aliphatic heterocycles. The predicted molar refractivity (Wildman–Crippen MR) is 133 cm³/mol. The third kappa shape index (κ3) is 4.21. The van der Waals surface area contributed by atoms with E-state index in [9.17, 15) is 0 Å². The summed E-state index contributed by atoms with van der Waals surface area (Å²) in [6, 6.07) is 12.7. The van der Waals surface area contributed by atoms with Gasteiger partial charge in [-0.15, -0.1) is 0 Å². The van der Waals surface area contributed by atoms with E-state index in [1.807, 2.05) is 0 Å². The Bertz CT molecular complexity index is 1000. The van der Waals surface area contributed by atoms with E-state index in [4.69, 9.17) is 9.47 Å². The number of rotatable bonds is 7. The van der Waals surface area contributed by atoms with Gasteiger partial charge in [0.25, 0.3) is 0 Å². The van der Waals surface area contributed by atoms with Crippen LogP contribution in [0.3, 0.4) is 0 Å². The Morgan fingerprint density at radius 3 is 2.41 bits per heavy atom. The van der Waals surface area contributed by atoms with Crippen LogP contribution >= 0.6 is 15.9 Å². The minimum atomic E-state index is 0.294. The number of hydrogen-bond donors (Lipinski definition) is 1. The zero-order chi connectivity index (χ0) is 22.6. The fraction of sp³-hybridized carbons (Fsp3) is 0.571. The second-order valence-electron chi connectivity index (χ2n) is 11.6. The number of methoxy groups -OCH3 is 1. The topological polar surface area (TPSA) is 30.5 Å². The van der Waals surface area contributed by atoms with Crippen LogP contribution in [0.2, 0.25) is 0 Å². The molecule has 0 amide bonds. The second-order valence-corrected chi connectivity index (χ2v) is 12.4. The van der Waals surface area contributed by atoms with Crippen LogP contribution in [0.4, 0.5) is 0 Å². The van der Waals surface area contributed by atoms with Crippen LogP contribution in [0.1, 0.15) is 69.1 Å². The molecule has 3 nitrogen and oxygen atoms in total. The normalized spacial score (nSPS) is 32.8. The van der Waals surface area contributed by atoms with E-state index >= 15 is 0 Å². The molecule has 4 bridgehead atoms. The summed E-state index contributed by atoms with van der Waals surface area (Å²) < 4.78 is 12.9. The Balaban J connectivity index is 1.31. The van der Waals surface area contributed by atoms with Crippen LogP contribution < -0.4 is 14.8 Å². The first kappa shape index (κ1) is 22.3. The van der Waals surface area contributed by atoms with Crippen LogP contribution in [-0.4, -0.2) is 12.6 Å². The van der Waals surface area contributed by atoms with E-state index in [1.54, 1.807) is 7.11 Å². The van der Waals surface area contributed by atoms with Crippen molar-refractivity contribution in [1.29, 1.82) is 0 Å². The minimum Gasteiger partial charge on any atom is -0.493 e. The zero-order valence-electron chi connectivity index (χ0n) is 19.9. The first-order valence-electron chi connectivity index (χ1n) is 12.0. The Labute approximate surface area is 201 Å². The van der Waals surface area contributed by atoms with Gasteiger partial charge >= 0.3 is 0 Å². The highest BCUT2D eigenvalue weighted by Crippen LogP contribution is 2.66. The summed E-state index contributed by atoms with van der Waals surface area (Å²) in [4.78, 5) is 0. The Morgan fingerprint density at radius 1 is 1.03 bits per heavy atom. The molecule has 2 aromatic carbocycles. The lowest BCUT2D eigenvalue weighted by atomic mass is 9.43. The largest absolute Gasteiger partial charge is 0.493 e. The van der Waals surface area contributed by atoms with Crippen LogP contribution in [-0.2, 0) is 13.2 Å². The highest BCUT2D eigenvalue weighted by Gasteiger charge is 2.59. The van der Waals surface area contributed by atoms with E-state index in [1.165, 1.54) is 55.2 Å². The van der Waals surface area contributed by atoms with E-state index in [0.717, 1.165) is 28.4 Å². The first-order chi connectivity index (χ1) is 15.2. The molecule has 0 saturated heterocycles. The van der Waals surface area contributed by atoms with E-state index < -0.39 is 0 Å². The van der Waals surface area contributed by atoms with Crippen molar-refractivity contribution >= 4 is 15.9 Å². The van der Waals surface area contributed by atoms with Gasteiger partial charge in [-0.2, -0.15) is 0 Å². The van der Waals surface area contributed by atoms with Crippen LogP contribution in [0.5, 0.6) is 11.5 Å². The van der Waals surface area contributed by atoms with Gasteiger partial charge in [-0.05, 0) is 107 Å². The summed E-state index contributed by atoms with van der Waals surface area (Å²) in [7, 11) is 1.72. The fourth-order valence-corrected chi connectivity index (χ4v) is 8.48. The first-order valence-corrected chi connectivity index (χ1v) is 12.8. The van der Waals surface area contributed by atoms with Gasteiger partial charge in [0, 0.05) is 12.1 Å². The molecule has 6 rings (SSSR count). The Kier molecular flexibility index (Phi) is 5.61. The molecule has 4 fully saturated rings. The van der Waals surface area contributed by atoms with Crippen molar-refractivity contribution in [2.24, 2.45) is 16.7 Å². The monoisotopic (exact) mass is 497 g/mol. The van der Waals surface area contributed by atoms with Crippen molar-refractivity contribution in [3.63, 3.8) is 0 Å². The Morgan fingerprint density at radius 2 is 1.75 bits per heavy atom. The maximum Gasteiger partial charge on any atom is 0.175 e. The third-order valence-corrected chi connectivity index (χ3v) is 8.81. The summed E-state index contributed by atoms with van der Waals surface area (Å²) in [5.41, 5.74) is 5.00. The van der Waals surface area contributed by atoms with E-state index in [-0.39, 0.29) is 0 Å². The molecule has 4 aliphatic carbocycles. The maximum atomic E-state index is 6.19. The molecule has 2 aromatic rings. The predicted octanol–water partition coefficient (Wildman–Crippen LogP) is 7.18. The number of nitrogens with one attached hydrogen (secondary N) is 1. The summed E-state index contributed by atoms with van der Waals surface area (Å²) in [6.07, 6.45) is 8.25. The van der Waals surface area contributed by atoms with Crippen molar-refractivity contribution in [3.05, 3.63) is 57.6 Å². The van der Waals surface area contributed by atoms with Crippen LogP contribution in [0, 0.1) is 23.7 Å². The summed E-state index contributed by atoms with van der Waals surface area (Å²) in [5.74, 6) is 2.45. The van der Waals surface area contributed by atoms with Gasteiger partial charge in [0.2, 0.25) is 0 Å². The van der Waals surface area contributed by atoms with Gasteiger partial charge in [0.1, 0.15) is 6.61 Å². The molecule has 4 aliphatic rings. The molecule has 0 aromatic heterocycles. The number of hydrogen-bond acceptors (Lipinski definition) is 3. The van der Waals surface area contributed by atoms with Gasteiger partial charge in [-0.1, -0.05) is 38.1 Å². The molecular formula is C28H36BrNO2. The average Bonchev–Trinajstić information content (AvgIpc) is 2.69. The highest BCUT2D eigenvalue weighted by molar-refractivity contribution is 9.10. The van der Waals surface area contributed by atoms with Crippen molar-refractivity contribution in [2.75, 3.05) is 7.11 Å². The number of halogens is 1. The molecule has 0 radical (unpaired) electrons. The number of aryl methyl sites for hydroxylation is 1. The molecule has 4 heteroatoms. The molecule has 2 unspecified atom stereocenters. The van der Waals surface area contributed by atoms with E-state index in [0.29, 0.717) is 23.0 Å². The SMILES string of the molecule is COc1cc(CNC23CC4CC(C)(CC(C)(C4)C2)C3)cc(Br)c1OCc1ccccc1C. The Hall–Kier alpha value is -1.52. The van der Waals surface area contributed by atoms with Gasteiger partial charge in [-0.3, -0.25) is 0 Å². The summed E-state index contributed by atoms with van der Waals surface area (Å²) in [6.45, 7) is 8.58. The standard InChI is InChI=1S/C28H36BrNO2/c1-19-7-5-6-8-22(19)15-32-25-23(29)9-20(10-24(25)31-4)14-30-28-13-21-11-26(2,17-28)16-27(3,12-21)18-28/h5-10,21,30H,11-18H2,1-4H3. The van der Waals surface area contributed by atoms with Crippen molar-refractivity contribution in [2.45, 2.75) is 78.0 Å². The fourth-order valence-electron chi connectivity index (χ4n) is 7.87. The molecule has 0 heterocycles. The average molecular weight is 499 g/mol. The number of ether oxygens (including phenoxy) is 2. The highest BCUT2D eigenvalue weighted by atomic mass is 79.9. The number of benzene rings is 2. The van der Waals surface area contributed by atoms with Crippen molar-refractivity contribution in [3.8, 4) is 11.5 Å². The molecule has 4 saturated carbocycles. The molecule has 172 valence electrons. The van der Waals surface area contributed by atoms with Crippen molar-refractivity contribution in [1.82, 2.24) is 5.32 Å². The molecular weight excluding hydrogens is 462 g/mol. The quantitative estimate of drug-likeness (QED) is 0.439. The lowest BCUT2D eigenvalue weighted by Gasteiger charge is -2.65. The second kappa shape index (κ2) is 8.06. The van der Waals surface area contributed by atoms with Gasteiger partial charge in [-0.25, -0.2) is 0 Å². The van der Waals surface area contributed by atoms with Gasteiger partial charge in [0.05, 0.1) is 11.6 Å².